The summed E-state index contributed by atoms with van der Waals surface area (Å²) < 4.78 is 2.13. The number of hydrogen-bond donors (Lipinski definition) is 2. The van der Waals surface area contributed by atoms with Gasteiger partial charge in [0.1, 0.15) is 0 Å². The maximum atomic E-state index is 12.6. The Bertz CT molecular complexity index is 913. The van der Waals surface area contributed by atoms with Crippen molar-refractivity contribution in [2.45, 2.75) is 37.4 Å². The summed E-state index contributed by atoms with van der Waals surface area (Å²) in [6, 6.07) is 15.6. The predicted molar refractivity (Wildman–Crippen MR) is 90.7 cm³/mol. The van der Waals surface area contributed by atoms with Gasteiger partial charge in [0.15, 0.2) is 0 Å². The van der Waals surface area contributed by atoms with E-state index in [9.17, 15) is 4.79 Å². The Hall–Kier alpha value is -2.33. The van der Waals surface area contributed by atoms with E-state index in [4.69, 9.17) is 0 Å². The Balaban J connectivity index is 1.47. The third-order valence-corrected chi connectivity index (χ3v) is 5.36. The molecule has 2 saturated heterocycles. The molecule has 3 atom stereocenters. The molecule has 2 aliphatic heterocycles. The minimum Gasteiger partial charge on any atom is -0.348 e. The van der Waals surface area contributed by atoms with Gasteiger partial charge in [-0.2, -0.15) is 0 Å². The van der Waals surface area contributed by atoms with Crippen LogP contribution in [0.25, 0.3) is 16.4 Å². The smallest absolute Gasteiger partial charge is 0.251 e. The highest BCUT2D eigenvalue weighted by molar-refractivity contribution is 5.99. The van der Waals surface area contributed by atoms with E-state index >= 15 is 0 Å². The van der Waals surface area contributed by atoms with Gasteiger partial charge in [0.2, 0.25) is 0 Å². The lowest BCUT2D eigenvalue weighted by atomic mass is 9.95. The SMILES string of the molecule is O=C(N[C@@H]1C[C@H]2CC[C@@H]1N2)c1ccc2cc3ccccn3c2c1. The van der Waals surface area contributed by atoms with Gasteiger partial charge in [0, 0.05) is 40.8 Å². The van der Waals surface area contributed by atoms with Gasteiger partial charge in [-0.3, -0.25) is 4.79 Å². The van der Waals surface area contributed by atoms with Crippen LogP contribution >= 0.6 is 0 Å². The zero-order valence-corrected chi connectivity index (χ0v) is 12.8. The lowest BCUT2D eigenvalue weighted by Crippen LogP contribution is -2.42. The van der Waals surface area contributed by atoms with E-state index < -0.39 is 0 Å². The van der Waals surface area contributed by atoms with Crippen LogP contribution < -0.4 is 10.6 Å². The van der Waals surface area contributed by atoms with Gasteiger partial charge in [-0.25, -0.2) is 0 Å². The van der Waals surface area contributed by atoms with Gasteiger partial charge in [-0.05, 0) is 49.6 Å². The summed E-state index contributed by atoms with van der Waals surface area (Å²) in [5, 5.41) is 7.95. The average molecular weight is 305 g/mol. The molecule has 2 N–H and O–H groups in total. The van der Waals surface area contributed by atoms with Crippen LogP contribution in [-0.4, -0.2) is 28.4 Å². The van der Waals surface area contributed by atoms with Crippen LogP contribution in [0.2, 0.25) is 0 Å². The van der Waals surface area contributed by atoms with Crippen molar-refractivity contribution < 1.29 is 4.79 Å². The second kappa shape index (κ2) is 4.83. The largest absolute Gasteiger partial charge is 0.348 e. The zero-order chi connectivity index (χ0) is 15.4. The van der Waals surface area contributed by atoms with E-state index in [-0.39, 0.29) is 11.9 Å². The summed E-state index contributed by atoms with van der Waals surface area (Å²) in [7, 11) is 0. The first-order chi connectivity index (χ1) is 11.3. The van der Waals surface area contributed by atoms with E-state index in [0.29, 0.717) is 12.1 Å². The van der Waals surface area contributed by atoms with Crippen LogP contribution in [0.4, 0.5) is 0 Å². The fraction of sp³-hybridized carbons (Fsp3) is 0.316. The highest BCUT2D eigenvalue weighted by Gasteiger charge is 2.39. The number of nitrogens with one attached hydrogen (secondary N) is 2. The molecule has 23 heavy (non-hydrogen) atoms. The number of aromatic nitrogens is 1. The zero-order valence-electron chi connectivity index (χ0n) is 12.8. The van der Waals surface area contributed by atoms with Crippen molar-refractivity contribution in [3.63, 3.8) is 0 Å². The van der Waals surface area contributed by atoms with E-state index in [1.54, 1.807) is 0 Å². The molecule has 0 spiro atoms. The molecule has 2 aromatic heterocycles. The van der Waals surface area contributed by atoms with E-state index in [1.807, 2.05) is 36.5 Å². The highest BCUT2D eigenvalue weighted by atomic mass is 16.1. The van der Waals surface area contributed by atoms with Gasteiger partial charge in [-0.15, -0.1) is 0 Å². The molecule has 4 nitrogen and oxygen atoms in total. The second-order valence-electron chi connectivity index (χ2n) is 6.78. The maximum absolute atomic E-state index is 12.6. The molecular formula is C19H19N3O. The van der Waals surface area contributed by atoms with Gasteiger partial charge in [-0.1, -0.05) is 12.1 Å². The first kappa shape index (κ1) is 13.1. The lowest BCUT2D eigenvalue weighted by Gasteiger charge is -2.21. The molecular weight excluding hydrogens is 286 g/mol. The van der Waals surface area contributed by atoms with Crippen molar-refractivity contribution in [1.29, 1.82) is 0 Å². The standard InChI is InChI=1S/C19H19N3O/c23-19(21-17-11-14-6-7-16(17)20-14)13-5-4-12-9-15-3-1-2-8-22(15)18(12)10-13/h1-5,8-10,14,16-17,20H,6-7,11H2,(H,21,23)/t14-,16+,17-/m1/s1. The molecule has 4 heteroatoms. The van der Waals surface area contributed by atoms with Crippen molar-refractivity contribution in [3.05, 3.63) is 54.2 Å². The average Bonchev–Trinajstić information content (AvgIpc) is 3.27. The number of carbonyl (C=O) groups is 1. The van der Waals surface area contributed by atoms with Crippen LogP contribution in [0.5, 0.6) is 0 Å². The minimum absolute atomic E-state index is 0.0390. The van der Waals surface area contributed by atoms with Crippen molar-refractivity contribution in [1.82, 2.24) is 15.0 Å². The third kappa shape index (κ3) is 2.05. The number of hydrogen-bond acceptors (Lipinski definition) is 2. The van der Waals surface area contributed by atoms with Crippen LogP contribution in [0.1, 0.15) is 29.6 Å². The van der Waals surface area contributed by atoms with Gasteiger partial charge < -0.3 is 15.0 Å². The predicted octanol–water partition coefficient (Wildman–Crippen LogP) is 2.72. The van der Waals surface area contributed by atoms with Crippen molar-refractivity contribution >= 4 is 22.3 Å². The van der Waals surface area contributed by atoms with E-state index in [0.717, 1.165) is 28.4 Å². The summed E-state index contributed by atoms with van der Waals surface area (Å²) in [5.74, 6) is 0.0390. The Kier molecular flexibility index (Phi) is 2.76. The van der Waals surface area contributed by atoms with Gasteiger partial charge in [0.25, 0.3) is 5.91 Å². The minimum atomic E-state index is 0.0390. The number of carbonyl (C=O) groups excluding carboxylic acids is 1. The normalized spacial score (nSPS) is 26.2. The van der Waals surface area contributed by atoms with Crippen molar-refractivity contribution in [3.8, 4) is 0 Å². The Morgan fingerprint density at radius 1 is 1.17 bits per heavy atom. The summed E-state index contributed by atoms with van der Waals surface area (Å²) in [6.07, 6.45) is 5.53. The summed E-state index contributed by atoms with van der Waals surface area (Å²) in [4.78, 5) is 12.6. The van der Waals surface area contributed by atoms with Gasteiger partial charge >= 0.3 is 0 Å². The Morgan fingerprint density at radius 2 is 2.13 bits per heavy atom. The molecule has 0 radical (unpaired) electrons. The molecule has 0 unspecified atom stereocenters. The molecule has 1 aromatic carbocycles. The first-order valence-corrected chi connectivity index (χ1v) is 8.35. The fourth-order valence-electron chi connectivity index (χ4n) is 4.20. The van der Waals surface area contributed by atoms with Crippen LogP contribution in [0.3, 0.4) is 0 Å². The summed E-state index contributed by atoms with van der Waals surface area (Å²) in [5.41, 5.74) is 2.97. The number of pyridine rings is 1. The Labute approximate surface area is 134 Å². The number of nitrogens with zero attached hydrogens (tertiary/aromatic N) is 1. The van der Waals surface area contributed by atoms with Crippen LogP contribution in [0, 0.1) is 0 Å². The molecule has 2 fully saturated rings. The molecule has 0 aliphatic carbocycles. The summed E-state index contributed by atoms with van der Waals surface area (Å²) >= 11 is 0. The Morgan fingerprint density at radius 3 is 2.96 bits per heavy atom. The highest BCUT2D eigenvalue weighted by Crippen LogP contribution is 2.28. The van der Waals surface area contributed by atoms with Crippen molar-refractivity contribution in [2.75, 3.05) is 0 Å². The molecule has 1 amide bonds. The summed E-state index contributed by atoms with van der Waals surface area (Å²) in [6.45, 7) is 0. The number of rotatable bonds is 2. The molecule has 0 saturated carbocycles. The van der Waals surface area contributed by atoms with Crippen LogP contribution in [-0.2, 0) is 0 Å². The molecule has 2 aliphatic rings. The first-order valence-electron chi connectivity index (χ1n) is 8.35. The number of fused-ring (bicyclic) bond motifs is 5. The molecule has 2 bridgehead atoms. The monoisotopic (exact) mass is 305 g/mol. The molecule has 4 heterocycles. The third-order valence-electron chi connectivity index (χ3n) is 5.36. The quantitative estimate of drug-likeness (QED) is 0.764. The fourth-order valence-corrected chi connectivity index (χ4v) is 4.20. The maximum Gasteiger partial charge on any atom is 0.251 e. The number of benzene rings is 1. The van der Waals surface area contributed by atoms with Gasteiger partial charge in [0.05, 0.1) is 5.52 Å². The van der Waals surface area contributed by atoms with Crippen molar-refractivity contribution in [2.24, 2.45) is 0 Å². The number of amides is 1. The van der Waals surface area contributed by atoms with E-state index in [2.05, 4.69) is 27.2 Å². The lowest BCUT2D eigenvalue weighted by molar-refractivity contribution is 0.0931. The molecule has 116 valence electrons. The van der Waals surface area contributed by atoms with Crippen LogP contribution in [0.15, 0.2) is 48.7 Å². The molecule has 5 rings (SSSR count). The molecule has 3 aromatic rings. The second-order valence-corrected chi connectivity index (χ2v) is 6.78. The van der Waals surface area contributed by atoms with E-state index in [1.165, 1.54) is 12.8 Å². The topological polar surface area (TPSA) is 45.5 Å².